The maximum atomic E-state index is 10.8. The van der Waals surface area contributed by atoms with E-state index in [1.807, 2.05) is 6.92 Å². The number of thioether (sulfide) groups is 1. The van der Waals surface area contributed by atoms with Crippen LogP contribution in [0.2, 0.25) is 0 Å². The molecule has 8 heteroatoms. The van der Waals surface area contributed by atoms with Gasteiger partial charge in [-0.15, -0.1) is 10.2 Å². The van der Waals surface area contributed by atoms with Crippen molar-refractivity contribution in [3.8, 4) is 0 Å². The molecule has 130 valence electrons. The van der Waals surface area contributed by atoms with E-state index in [1.165, 1.54) is 33.6 Å². The summed E-state index contributed by atoms with van der Waals surface area (Å²) in [5, 5.41) is 17.7. The van der Waals surface area contributed by atoms with Crippen LogP contribution in [0.4, 0.5) is 0 Å². The highest BCUT2D eigenvalue weighted by Gasteiger charge is 2.14. The molecular formula is C17H18N4O3S. The molecule has 0 aliphatic rings. The van der Waals surface area contributed by atoms with Gasteiger partial charge in [-0.3, -0.25) is 0 Å². The second-order valence-corrected chi connectivity index (χ2v) is 6.68. The molecule has 0 radical (unpaired) electrons. The fraction of sp³-hybridized carbons (Fsp3) is 0.235. The minimum atomic E-state index is -1.09. The van der Waals surface area contributed by atoms with Crippen LogP contribution in [0.3, 0.4) is 0 Å². The van der Waals surface area contributed by atoms with Gasteiger partial charge in [0.25, 0.3) is 0 Å². The zero-order valence-electron chi connectivity index (χ0n) is 13.9. The topological polar surface area (TPSA) is 107 Å². The van der Waals surface area contributed by atoms with Gasteiger partial charge in [0.2, 0.25) is 10.9 Å². The van der Waals surface area contributed by atoms with E-state index in [9.17, 15) is 4.79 Å². The largest absolute Gasteiger partial charge is 0.475 e. The molecule has 0 fully saturated rings. The highest BCUT2D eigenvalue weighted by atomic mass is 32.2. The lowest BCUT2D eigenvalue weighted by molar-refractivity contribution is 0.0661. The Morgan fingerprint density at radius 3 is 2.80 bits per heavy atom. The van der Waals surface area contributed by atoms with Gasteiger partial charge < -0.3 is 15.4 Å². The fourth-order valence-electron chi connectivity index (χ4n) is 2.39. The number of carbonyl (C=O) groups is 1. The van der Waals surface area contributed by atoms with Crippen LogP contribution in [-0.4, -0.2) is 25.9 Å². The minimum absolute atomic E-state index is 0.0829. The molecule has 0 amide bonds. The summed E-state index contributed by atoms with van der Waals surface area (Å²) < 4.78 is 6.69. The van der Waals surface area contributed by atoms with Crippen molar-refractivity contribution in [2.24, 2.45) is 0 Å². The Morgan fingerprint density at radius 2 is 2.08 bits per heavy atom. The Balaban J connectivity index is 1.70. The maximum absolute atomic E-state index is 10.8. The summed E-state index contributed by atoms with van der Waals surface area (Å²) in [7, 11) is 0. The summed E-state index contributed by atoms with van der Waals surface area (Å²) in [6.45, 7) is 4.10. The quantitative estimate of drug-likeness (QED) is 0.515. The molecule has 7 nitrogen and oxygen atoms in total. The summed E-state index contributed by atoms with van der Waals surface area (Å²) in [5.41, 5.74) is 3.53. The standard InChI is InChI=1S/C17H18N4O3S/c1-10-3-4-11(2)12(7-10)8-15-19-20-17(21(15)18)25-9-13-5-6-14(24-13)16(22)23/h3-7H,8-9,18H2,1-2H3,(H,22,23). The number of benzene rings is 1. The zero-order valence-corrected chi connectivity index (χ0v) is 14.7. The second kappa shape index (κ2) is 7.02. The number of aromatic nitrogens is 3. The minimum Gasteiger partial charge on any atom is -0.475 e. The number of rotatable bonds is 6. The van der Waals surface area contributed by atoms with E-state index in [0.717, 1.165) is 5.56 Å². The molecule has 3 N–H and O–H groups in total. The van der Waals surface area contributed by atoms with Gasteiger partial charge in [0, 0.05) is 6.42 Å². The number of hydrogen-bond acceptors (Lipinski definition) is 6. The predicted molar refractivity (Wildman–Crippen MR) is 94.1 cm³/mol. The van der Waals surface area contributed by atoms with Crippen molar-refractivity contribution in [3.63, 3.8) is 0 Å². The highest BCUT2D eigenvalue weighted by molar-refractivity contribution is 7.98. The van der Waals surface area contributed by atoms with Gasteiger partial charge in [-0.25, -0.2) is 9.47 Å². The third kappa shape index (κ3) is 3.85. The first-order valence-electron chi connectivity index (χ1n) is 7.64. The van der Waals surface area contributed by atoms with Crippen molar-refractivity contribution in [2.45, 2.75) is 31.2 Å². The van der Waals surface area contributed by atoms with E-state index in [2.05, 4.69) is 35.3 Å². The van der Waals surface area contributed by atoms with Gasteiger partial charge in [0.15, 0.2) is 5.82 Å². The molecule has 0 atom stereocenters. The Labute approximate surface area is 148 Å². The van der Waals surface area contributed by atoms with E-state index in [-0.39, 0.29) is 5.76 Å². The van der Waals surface area contributed by atoms with Gasteiger partial charge >= 0.3 is 5.97 Å². The summed E-state index contributed by atoms with van der Waals surface area (Å²) in [6, 6.07) is 9.33. The molecule has 0 saturated heterocycles. The van der Waals surface area contributed by atoms with Crippen LogP contribution in [0.15, 0.2) is 39.9 Å². The van der Waals surface area contributed by atoms with E-state index in [1.54, 1.807) is 6.07 Å². The van der Waals surface area contributed by atoms with Gasteiger partial charge in [0.05, 0.1) is 5.75 Å². The molecule has 2 heterocycles. The van der Waals surface area contributed by atoms with Crippen LogP contribution in [0.5, 0.6) is 0 Å². The molecule has 0 aliphatic heterocycles. The summed E-state index contributed by atoms with van der Waals surface area (Å²) in [5.74, 6) is 6.57. The number of hydrogen-bond donors (Lipinski definition) is 2. The molecule has 2 aromatic heterocycles. The lowest BCUT2D eigenvalue weighted by Gasteiger charge is -2.07. The number of furan rings is 1. The van der Waals surface area contributed by atoms with Gasteiger partial charge in [-0.2, -0.15) is 0 Å². The first-order chi connectivity index (χ1) is 11.9. The first kappa shape index (κ1) is 17.1. The van der Waals surface area contributed by atoms with Crippen LogP contribution >= 0.6 is 11.8 Å². The molecule has 0 spiro atoms. The van der Waals surface area contributed by atoms with E-state index in [4.69, 9.17) is 15.4 Å². The summed E-state index contributed by atoms with van der Waals surface area (Å²) in [4.78, 5) is 10.8. The molecule has 3 rings (SSSR count). The van der Waals surface area contributed by atoms with E-state index < -0.39 is 5.97 Å². The zero-order chi connectivity index (χ0) is 18.0. The number of carboxylic acid groups (broad SMARTS) is 1. The average molecular weight is 358 g/mol. The second-order valence-electron chi connectivity index (χ2n) is 5.74. The first-order valence-corrected chi connectivity index (χ1v) is 8.63. The third-order valence-electron chi connectivity index (χ3n) is 3.80. The number of aryl methyl sites for hydroxylation is 2. The lowest BCUT2D eigenvalue weighted by Crippen LogP contribution is -2.14. The van der Waals surface area contributed by atoms with Crippen LogP contribution in [0, 0.1) is 13.8 Å². The number of carboxylic acids is 1. The molecule has 0 unspecified atom stereocenters. The lowest BCUT2D eigenvalue weighted by atomic mass is 10.0. The Morgan fingerprint density at radius 1 is 1.28 bits per heavy atom. The SMILES string of the molecule is Cc1ccc(C)c(Cc2nnc(SCc3ccc(C(=O)O)o3)n2N)c1. The van der Waals surface area contributed by atoms with E-state index in [0.29, 0.717) is 28.9 Å². The van der Waals surface area contributed by atoms with Crippen LogP contribution in [0.1, 0.15) is 38.8 Å². The van der Waals surface area contributed by atoms with Gasteiger partial charge in [0.1, 0.15) is 5.76 Å². The molecule has 1 aromatic carbocycles. The van der Waals surface area contributed by atoms with Crippen molar-refractivity contribution in [1.82, 2.24) is 14.9 Å². The van der Waals surface area contributed by atoms with Crippen LogP contribution < -0.4 is 5.84 Å². The summed E-state index contributed by atoms with van der Waals surface area (Å²) in [6.07, 6.45) is 0.599. The Bertz CT molecular complexity index is 917. The smallest absolute Gasteiger partial charge is 0.371 e. The number of nitrogens with zero attached hydrogens (tertiary/aromatic N) is 3. The highest BCUT2D eigenvalue weighted by Crippen LogP contribution is 2.23. The molecule has 0 aliphatic carbocycles. The predicted octanol–water partition coefficient (Wildman–Crippen LogP) is 2.78. The number of nitrogens with two attached hydrogens (primary N) is 1. The Kier molecular flexibility index (Phi) is 4.80. The monoisotopic (exact) mass is 358 g/mol. The fourth-order valence-corrected chi connectivity index (χ4v) is 3.16. The van der Waals surface area contributed by atoms with Gasteiger partial charge in [-0.05, 0) is 37.1 Å². The van der Waals surface area contributed by atoms with Crippen LogP contribution in [-0.2, 0) is 12.2 Å². The van der Waals surface area contributed by atoms with Crippen molar-refractivity contribution < 1.29 is 14.3 Å². The maximum Gasteiger partial charge on any atom is 0.371 e. The Hall–Kier alpha value is -2.74. The van der Waals surface area contributed by atoms with Crippen molar-refractivity contribution >= 4 is 17.7 Å². The average Bonchev–Trinajstić information content (AvgIpc) is 3.17. The van der Waals surface area contributed by atoms with Gasteiger partial charge in [-0.1, -0.05) is 35.5 Å². The molecule has 25 heavy (non-hydrogen) atoms. The van der Waals surface area contributed by atoms with Crippen molar-refractivity contribution in [3.05, 3.63) is 64.4 Å². The number of nitrogen functional groups attached to an aromatic ring is 1. The molecule has 0 saturated carbocycles. The van der Waals surface area contributed by atoms with Crippen LogP contribution in [0.25, 0.3) is 0 Å². The molecular weight excluding hydrogens is 340 g/mol. The van der Waals surface area contributed by atoms with Crippen molar-refractivity contribution in [2.75, 3.05) is 5.84 Å². The third-order valence-corrected chi connectivity index (χ3v) is 4.77. The van der Waals surface area contributed by atoms with Crippen molar-refractivity contribution in [1.29, 1.82) is 0 Å². The molecule has 0 bridgehead atoms. The summed E-state index contributed by atoms with van der Waals surface area (Å²) >= 11 is 1.34. The molecule has 3 aromatic rings. The normalized spacial score (nSPS) is 11.0. The van der Waals surface area contributed by atoms with E-state index >= 15 is 0 Å². The number of aromatic carboxylic acids is 1.